The summed E-state index contributed by atoms with van der Waals surface area (Å²) in [5.41, 5.74) is 14.5. The Hall–Kier alpha value is -9.81. The molecule has 0 fully saturated rings. The summed E-state index contributed by atoms with van der Waals surface area (Å²) in [7, 11) is 0. The van der Waals surface area contributed by atoms with E-state index < -0.39 is 0 Å². The Bertz CT molecular complexity index is 3600. The van der Waals surface area contributed by atoms with E-state index in [9.17, 15) is 0 Å². The van der Waals surface area contributed by atoms with Crippen LogP contribution in [0.15, 0.2) is 219 Å². The van der Waals surface area contributed by atoms with E-state index in [1.807, 2.05) is 72.8 Å². The van der Waals surface area contributed by atoms with Crippen molar-refractivity contribution in [2.75, 3.05) is 0 Å². The van der Waals surface area contributed by atoms with Gasteiger partial charge in [0.15, 0.2) is 33.9 Å². The lowest BCUT2D eigenvalue weighted by Gasteiger charge is -2.18. The van der Waals surface area contributed by atoms with E-state index in [0.717, 1.165) is 67.1 Å². The second-order valence-electron chi connectivity index (χ2n) is 16.4. The molecule has 0 N–H and O–H groups in total. The molecule has 13 rings (SSSR count). The fourth-order valence-corrected chi connectivity index (χ4v) is 9.30. The molecule has 12 heteroatoms. The van der Waals surface area contributed by atoms with E-state index in [1.54, 1.807) is 37.2 Å². The maximum absolute atomic E-state index is 5.30. The Labute approximate surface area is 394 Å². The summed E-state index contributed by atoms with van der Waals surface area (Å²) in [6.45, 7) is 0. The predicted molar refractivity (Wildman–Crippen MR) is 270 cm³/mol. The van der Waals surface area contributed by atoms with Crippen LogP contribution in [0.1, 0.15) is 0 Å². The maximum atomic E-state index is 5.30. The minimum absolute atomic E-state index is 0.497. The standard InChI is InChI=1S/C57H36N12/c1-4-16-37(17-5-1)43-22-10-13-25-46(43)67-52(64-49-55(67)61-31-28-58-49)40-34-41(53-65-50-56(62-32-29-59-50)68(53)47-26-14-11-23-44(47)38-18-6-2-7-19-38)36-42(35-40)54-66-51-57(63-33-30-60-51)69(54)48-27-15-12-24-45(48)39-20-8-3-9-21-39/h1-36H. The fraction of sp³-hybridized carbons (Fsp3) is 0. The molecule has 12 nitrogen and oxygen atoms in total. The van der Waals surface area contributed by atoms with Crippen LogP contribution in [0.4, 0.5) is 0 Å². The molecule has 13 aromatic rings. The second-order valence-corrected chi connectivity index (χ2v) is 16.4. The molecule has 0 saturated carbocycles. The number of fused-ring (bicyclic) bond motifs is 3. The molecule has 0 aliphatic rings. The average Bonchev–Trinajstić information content (AvgIpc) is 4.14. The van der Waals surface area contributed by atoms with Crippen LogP contribution in [0, 0.1) is 0 Å². The van der Waals surface area contributed by atoms with Crippen LogP contribution in [0.5, 0.6) is 0 Å². The molecule has 0 bridgehead atoms. The quantitative estimate of drug-likeness (QED) is 0.139. The van der Waals surface area contributed by atoms with Crippen LogP contribution in [0.2, 0.25) is 0 Å². The van der Waals surface area contributed by atoms with Crippen molar-refractivity contribution in [2.45, 2.75) is 0 Å². The number of benzene rings is 7. The van der Waals surface area contributed by atoms with Gasteiger partial charge in [-0.2, -0.15) is 0 Å². The summed E-state index contributed by atoms with van der Waals surface area (Å²) in [6.07, 6.45) is 10.1. The molecule has 0 radical (unpaired) electrons. The van der Waals surface area contributed by atoms with Gasteiger partial charge >= 0.3 is 0 Å². The van der Waals surface area contributed by atoms with Gasteiger partial charge in [-0.05, 0) is 53.1 Å². The number of imidazole rings is 3. The third-order valence-electron chi connectivity index (χ3n) is 12.3. The van der Waals surface area contributed by atoms with Gasteiger partial charge in [-0.15, -0.1) is 0 Å². The molecule has 324 valence electrons. The van der Waals surface area contributed by atoms with E-state index in [-0.39, 0.29) is 0 Å². The highest BCUT2D eigenvalue weighted by molar-refractivity contribution is 5.90. The van der Waals surface area contributed by atoms with Crippen molar-refractivity contribution in [2.24, 2.45) is 0 Å². The number of hydrogen-bond acceptors (Lipinski definition) is 9. The van der Waals surface area contributed by atoms with Gasteiger partial charge in [0, 0.05) is 70.6 Å². The molecule has 0 aliphatic carbocycles. The van der Waals surface area contributed by atoms with Gasteiger partial charge in [-0.3, -0.25) is 13.7 Å². The molecule has 69 heavy (non-hydrogen) atoms. The van der Waals surface area contributed by atoms with Crippen molar-refractivity contribution >= 4 is 33.9 Å². The monoisotopic (exact) mass is 888 g/mol. The van der Waals surface area contributed by atoms with E-state index in [4.69, 9.17) is 44.9 Å². The summed E-state index contributed by atoms with van der Waals surface area (Å²) in [5.74, 6) is 1.86. The van der Waals surface area contributed by atoms with Crippen LogP contribution in [0.25, 0.3) is 118 Å². The minimum Gasteiger partial charge on any atom is -0.275 e. The molecule has 0 spiro atoms. The Morgan fingerprint density at radius 3 is 0.812 bits per heavy atom. The van der Waals surface area contributed by atoms with Crippen molar-refractivity contribution in [3.05, 3.63) is 219 Å². The lowest BCUT2D eigenvalue weighted by Crippen LogP contribution is -2.04. The van der Waals surface area contributed by atoms with E-state index in [2.05, 4.69) is 123 Å². The number of hydrogen-bond donors (Lipinski definition) is 0. The SMILES string of the molecule is c1ccc(-c2ccccc2-n2c(-c3cc(-c4nc5nccnc5n4-c4ccccc4-c4ccccc4)cc(-c4nc5nccnc5n4-c4ccccc4-c4ccccc4)c3)nc3nccnc32)cc1. The Kier molecular flexibility index (Phi) is 9.49. The van der Waals surface area contributed by atoms with Crippen molar-refractivity contribution in [1.29, 1.82) is 0 Å². The number of rotatable bonds is 9. The van der Waals surface area contributed by atoms with E-state index >= 15 is 0 Å². The van der Waals surface area contributed by atoms with Crippen molar-refractivity contribution in [1.82, 2.24) is 58.6 Å². The first-order valence-corrected chi connectivity index (χ1v) is 22.4. The Morgan fingerprint density at radius 1 is 0.246 bits per heavy atom. The molecule has 7 aromatic carbocycles. The minimum atomic E-state index is 0.497. The van der Waals surface area contributed by atoms with Crippen LogP contribution < -0.4 is 0 Å². The summed E-state index contributed by atoms with van der Waals surface area (Å²) >= 11 is 0. The highest BCUT2D eigenvalue weighted by Gasteiger charge is 2.26. The average molecular weight is 889 g/mol. The predicted octanol–water partition coefficient (Wildman–Crippen LogP) is 12.1. The molecule has 0 saturated heterocycles. The molecule has 0 unspecified atom stereocenters. The highest BCUT2D eigenvalue weighted by atomic mass is 15.2. The maximum Gasteiger partial charge on any atom is 0.198 e. The van der Waals surface area contributed by atoms with Gasteiger partial charge in [0.05, 0.1) is 17.1 Å². The van der Waals surface area contributed by atoms with Gasteiger partial charge in [0.25, 0.3) is 0 Å². The van der Waals surface area contributed by atoms with Crippen LogP contribution in [-0.4, -0.2) is 58.6 Å². The van der Waals surface area contributed by atoms with Crippen LogP contribution in [0.3, 0.4) is 0 Å². The molecular weight excluding hydrogens is 853 g/mol. The zero-order chi connectivity index (χ0) is 45.7. The van der Waals surface area contributed by atoms with Crippen LogP contribution in [-0.2, 0) is 0 Å². The third-order valence-corrected chi connectivity index (χ3v) is 12.3. The molecular formula is C57H36N12. The van der Waals surface area contributed by atoms with Gasteiger partial charge in [-0.1, -0.05) is 146 Å². The van der Waals surface area contributed by atoms with E-state index in [0.29, 0.717) is 51.4 Å². The summed E-state index contributed by atoms with van der Waals surface area (Å²) in [4.78, 5) is 44.9. The lowest BCUT2D eigenvalue weighted by atomic mass is 10.0. The zero-order valence-electron chi connectivity index (χ0n) is 36.7. The fourth-order valence-electron chi connectivity index (χ4n) is 9.30. The number of para-hydroxylation sites is 3. The van der Waals surface area contributed by atoms with Gasteiger partial charge in [0.1, 0.15) is 17.5 Å². The Balaban J connectivity index is 1.14. The largest absolute Gasteiger partial charge is 0.275 e. The number of aromatic nitrogens is 12. The molecule has 6 aromatic heterocycles. The zero-order valence-corrected chi connectivity index (χ0v) is 36.7. The van der Waals surface area contributed by atoms with Crippen molar-refractivity contribution in [3.63, 3.8) is 0 Å². The topological polar surface area (TPSA) is 131 Å². The van der Waals surface area contributed by atoms with Crippen molar-refractivity contribution < 1.29 is 0 Å². The Morgan fingerprint density at radius 2 is 0.507 bits per heavy atom. The lowest BCUT2D eigenvalue weighted by molar-refractivity contribution is 1.06. The molecule has 0 amide bonds. The van der Waals surface area contributed by atoms with E-state index in [1.165, 1.54) is 0 Å². The first kappa shape index (κ1) is 39.5. The summed E-state index contributed by atoms with van der Waals surface area (Å²) < 4.78 is 6.30. The molecule has 6 heterocycles. The first-order valence-electron chi connectivity index (χ1n) is 22.4. The molecule has 0 atom stereocenters. The van der Waals surface area contributed by atoms with Crippen LogP contribution >= 0.6 is 0 Å². The van der Waals surface area contributed by atoms with Gasteiger partial charge in [-0.25, -0.2) is 44.9 Å². The summed E-state index contributed by atoms with van der Waals surface area (Å²) in [5, 5.41) is 0. The smallest absolute Gasteiger partial charge is 0.198 e. The highest BCUT2D eigenvalue weighted by Crippen LogP contribution is 2.41. The summed E-state index contributed by atoms with van der Waals surface area (Å²) in [6, 6.07) is 62.3. The third kappa shape index (κ3) is 6.82. The molecule has 0 aliphatic heterocycles. The van der Waals surface area contributed by atoms with Gasteiger partial charge < -0.3 is 0 Å². The second kappa shape index (κ2) is 16.6. The number of nitrogens with zero attached hydrogens (tertiary/aromatic N) is 12. The van der Waals surface area contributed by atoms with Gasteiger partial charge in [0.2, 0.25) is 0 Å². The normalized spacial score (nSPS) is 11.5. The van der Waals surface area contributed by atoms with Crippen molar-refractivity contribution in [3.8, 4) is 84.6 Å². The first-order chi connectivity index (χ1) is 34.2.